The normalized spacial score (nSPS) is 10.1. The molecule has 0 saturated heterocycles. The second kappa shape index (κ2) is 5.70. The van der Waals surface area contributed by atoms with Gasteiger partial charge in [-0.15, -0.1) is 0 Å². The first-order valence-corrected chi connectivity index (χ1v) is 5.92. The molecule has 0 aliphatic carbocycles. The summed E-state index contributed by atoms with van der Waals surface area (Å²) in [7, 11) is 0. The van der Waals surface area contributed by atoms with Gasteiger partial charge in [0.05, 0.1) is 0 Å². The average molecular weight is 213 g/mol. The standard InChI is InChI=1S/C9H15N3OS/c1-7-11-8(6-9(13)12-7)10-4-3-5-14-2/h6H,3-5H2,1-2H3,(H2,10,11,12,13). The highest BCUT2D eigenvalue weighted by Gasteiger charge is 1.96. The highest BCUT2D eigenvalue weighted by Crippen LogP contribution is 2.00. The Bertz CT molecular complexity index is 337. The molecule has 0 bridgehead atoms. The second-order valence-electron chi connectivity index (χ2n) is 2.99. The Morgan fingerprint density at radius 1 is 1.64 bits per heavy atom. The SMILES string of the molecule is CSCCCNc1cc(=O)[nH]c(C)n1. The van der Waals surface area contributed by atoms with E-state index in [1.807, 2.05) is 11.8 Å². The molecule has 0 atom stereocenters. The molecule has 1 aromatic heterocycles. The number of hydrogen-bond donors (Lipinski definition) is 2. The summed E-state index contributed by atoms with van der Waals surface area (Å²) in [4.78, 5) is 17.8. The summed E-state index contributed by atoms with van der Waals surface area (Å²) in [5.74, 6) is 2.42. The third-order valence-corrected chi connectivity index (χ3v) is 2.39. The number of rotatable bonds is 5. The Kier molecular flexibility index (Phi) is 4.52. The third-order valence-electron chi connectivity index (χ3n) is 1.69. The maximum Gasteiger partial charge on any atom is 0.252 e. The molecule has 0 spiro atoms. The van der Waals surface area contributed by atoms with Crippen LogP contribution in [0.5, 0.6) is 0 Å². The van der Waals surface area contributed by atoms with Gasteiger partial charge in [0.1, 0.15) is 11.6 Å². The number of nitrogens with zero attached hydrogens (tertiary/aromatic N) is 1. The van der Waals surface area contributed by atoms with E-state index in [1.165, 1.54) is 6.07 Å². The molecule has 0 aliphatic heterocycles. The predicted molar refractivity (Wildman–Crippen MR) is 61.1 cm³/mol. The maximum absolute atomic E-state index is 11.1. The maximum atomic E-state index is 11.1. The molecule has 1 heterocycles. The van der Waals surface area contributed by atoms with Crippen molar-refractivity contribution < 1.29 is 0 Å². The Balaban J connectivity index is 2.46. The third kappa shape index (κ3) is 3.83. The molecule has 2 N–H and O–H groups in total. The van der Waals surface area contributed by atoms with E-state index in [1.54, 1.807) is 6.92 Å². The molecule has 0 unspecified atom stereocenters. The monoisotopic (exact) mass is 213 g/mol. The van der Waals surface area contributed by atoms with E-state index in [4.69, 9.17) is 0 Å². The fourth-order valence-electron chi connectivity index (χ4n) is 1.10. The zero-order valence-electron chi connectivity index (χ0n) is 8.46. The van der Waals surface area contributed by atoms with Gasteiger partial charge in [0.2, 0.25) is 0 Å². The molecule has 0 aliphatic rings. The molecule has 1 rings (SSSR count). The Hall–Kier alpha value is -0.970. The van der Waals surface area contributed by atoms with Gasteiger partial charge in [0.25, 0.3) is 5.56 Å². The molecule has 1 aromatic rings. The Morgan fingerprint density at radius 3 is 3.07 bits per heavy atom. The van der Waals surface area contributed by atoms with Crippen molar-refractivity contribution in [1.29, 1.82) is 0 Å². The van der Waals surface area contributed by atoms with Crippen LogP contribution < -0.4 is 10.9 Å². The summed E-state index contributed by atoms with van der Waals surface area (Å²) in [6, 6.07) is 1.48. The molecule has 14 heavy (non-hydrogen) atoms. The van der Waals surface area contributed by atoms with Gasteiger partial charge in [-0.2, -0.15) is 11.8 Å². The number of hydrogen-bond acceptors (Lipinski definition) is 4. The number of H-pyrrole nitrogens is 1. The molecule has 0 radical (unpaired) electrons. The second-order valence-corrected chi connectivity index (χ2v) is 3.97. The van der Waals surface area contributed by atoms with E-state index < -0.39 is 0 Å². The van der Waals surface area contributed by atoms with E-state index in [0.29, 0.717) is 11.6 Å². The van der Waals surface area contributed by atoms with Crippen molar-refractivity contribution in [1.82, 2.24) is 9.97 Å². The number of aromatic amines is 1. The number of anilines is 1. The van der Waals surface area contributed by atoms with Crippen LogP contribution >= 0.6 is 11.8 Å². The first-order valence-electron chi connectivity index (χ1n) is 4.53. The minimum absolute atomic E-state index is 0.107. The van der Waals surface area contributed by atoms with E-state index in [9.17, 15) is 4.79 Å². The molecular formula is C9H15N3OS. The minimum atomic E-state index is -0.107. The number of aromatic nitrogens is 2. The minimum Gasteiger partial charge on any atom is -0.370 e. The lowest BCUT2D eigenvalue weighted by atomic mass is 10.4. The smallest absolute Gasteiger partial charge is 0.252 e. The topological polar surface area (TPSA) is 57.8 Å². The zero-order valence-corrected chi connectivity index (χ0v) is 9.28. The van der Waals surface area contributed by atoms with Gasteiger partial charge in [-0.3, -0.25) is 4.79 Å². The first-order chi connectivity index (χ1) is 6.72. The molecule has 5 heteroatoms. The van der Waals surface area contributed by atoms with Gasteiger partial charge in [0.15, 0.2) is 0 Å². The van der Waals surface area contributed by atoms with Crippen molar-refractivity contribution in [2.75, 3.05) is 23.9 Å². The molecular weight excluding hydrogens is 198 g/mol. The van der Waals surface area contributed by atoms with Crippen molar-refractivity contribution in [2.24, 2.45) is 0 Å². The summed E-state index contributed by atoms with van der Waals surface area (Å²) < 4.78 is 0. The van der Waals surface area contributed by atoms with Crippen molar-refractivity contribution in [3.8, 4) is 0 Å². The van der Waals surface area contributed by atoms with Gasteiger partial charge in [-0.05, 0) is 25.4 Å². The lowest BCUT2D eigenvalue weighted by Gasteiger charge is -2.04. The Labute approximate surface area is 87.5 Å². The van der Waals surface area contributed by atoms with Crippen LogP contribution in [0.3, 0.4) is 0 Å². The fraction of sp³-hybridized carbons (Fsp3) is 0.556. The van der Waals surface area contributed by atoms with Crippen LogP contribution in [0, 0.1) is 6.92 Å². The number of thioether (sulfide) groups is 1. The van der Waals surface area contributed by atoms with Crippen LogP contribution in [0.25, 0.3) is 0 Å². The zero-order chi connectivity index (χ0) is 10.4. The summed E-state index contributed by atoms with van der Waals surface area (Å²) in [5, 5.41) is 3.12. The van der Waals surface area contributed by atoms with Crippen LogP contribution in [0.2, 0.25) is 0 Å². The van der Waals surface area contributed by atoms with E-state index >= 15 is 0 Å². The van der Waals surface area contributed by atoms with E-state index in [2.05, 4.69) is 21.5 Å². The largest absolute Gasteiger partial charge is 0.370 e. The number of nitrogens with one attached hydrogen (secondary N) is 2. The quantitative estimate of drug-likeness (QED) is 0.723. The average Bonchev–Trinajstić information content (AvgIpc) is 2.11. The highest BCUT2D eigenvalue weighted by atomic mass is 32.2. The molecule has 0 saturated carbocycles. The molecule has 78 valence electrons. The summed E-state index contributed by atoms with van der Waals surface area (Å²) in [5.41, 5.74) is -0.107. The van der Waals surface area contributed by atoms with Crippen LogP contribution in [0.15, 0.2) is 10.9 Å². The van der Waals surface area contributed by atoms with Crippen molar-refractivity contribution in [3.63, 3.8) is 0 Å². The van der Waals surface area contributed by atoms with Gasteiger partial charge >= 0.3 is 0 Å². The van der Waals surface area contributed by atoms with Crippen molar-refractivity contribution >= 4 is 17.6 Å². The van der Waals surface area contributed by atoms with Gasteiger partial charge in [-0.1, -0.05) is 0 Å². The molecule has 0 amide bonds. The summed E-state index contributed by atoms with van der Waals surface area (Å²) >= 11 is 1.81. The first kappa shape index (κ1) is 11.1. The lowest BCUT2D eigenvalue weighted by Crippen LogP contribution is -2.12. The lowest BCUT2D eigenvalue weighted by molar-refractivity contribution is 0.955. The van der Waals surface area contributed by atoms with Crippen molar-refractivity contribution in [3.05, 3.63) is 22.2 Å². The van der Waals surface area contributed by atoms with Crippen LogP contribution in [-0.2, 0) is 0 Å². The Morgan fingerprint density at radius 2 is 2.43 bits per heavy atom. The van der Waals surface area contributed by atoms with Crippen molar-refractivity contribution in [2.45, 2.75) is 13.3 Å². The molecule has 4 nitrogen and oxygen atoms in total. The van der Waals surface area contributed by atoms with Crippen LogP contribution in [0.1, 0.15) is 12.2 Å². The fourth-order valence-corrected chi connectivity index (χ4v) is 1.54. The summed E-state index contributed by atoms with van der Waals surface area (Å²) in [6.45, 7) is 2.63. The summed E-state index contributed by atoms with van der Waals surface area (Å²) in [6.07, 6.45) is 3.16. The molecule has 0 aromatic carbocycles. The molecule has 0 fully saturated rings. The van der Waals surface area contributed by atoms with E-state index in [0.717, 1.165) is 18.7 Å². The van der Waals surface area contributed by atoms with Gasteiger partial charge in [0, 0.05) is 12.6 Å². The van der Waals surface area contributed by atoms with Crippen LogP contribution in [0.4, 0.5) is 5.82 Å². The van der Waals surface area contributed by atoms with Crippen LogP contribution in [-0.4, -0.2) is 28.5 Å². The highest BCUT2D eigenvalue weighted by molar-refractivity contribution is 7.98. The number of aryl methyl sites for hydroxylation is 1. The van der Waals surface area contributed by atoms with Gasteiger partial charge in [-0.25, -0.2) is 4.98 Å². The predicted octanol–water partition coefficient (Wildman–Crippen LogP) is 1.24. The van der Waals surface area contributed by atoms with Gasteiger partial charge < -0.3 is 10.3 Å². The van der Waals surface area contributed by atoms with E-state index in [-0.39, 0.29) is 5.56 Å².